The van der Waals surface area contributed by atoms with E-state index in [1.807, 2.05) is 31.2 Å². The average Bonchev–Trinajstić information content (AvgIpc) is 2.20. The number of methoxy groups -OCH3 is 2. The van der Waals surface area contributed by atoms with Crippen LogP contribution in [0, 0.1) is 6.92 Å². The van der Waals surface area contributed by atoms with E-state index in [0.29, 0.717) is 0 Å². The van der Waals surface area contributed by atoms with Crippen LogP contribution in [0.5, 0.6) is 0 Å². The van der Waals surface area contributed by atoms with Gasteiger partial charge in [-0.15, -0.1) is 0 Å². The zero-order valence-corrected chi connectivity index (χ0v) is 8.73. The molecule has 0 saturated carbocycles. The predicted molar refractivity (Wildman–Crippen MR) is 53.9 cm³/mol. The first-order valence-electron chi connectivity index (χ1n) is 4.49. The van der Waals surface area contributed by atoms with Crippen molar-refractivity contribution < 1.29 is 14.6 Å². The van der Waals surface area contributed by atoms with Gasteiger partial charge in [-0.3, -0.25) is 0 Å². The van der Waals surface area contributed by atoms with Gasteiger partial charge in [0.2, 0.25) is 0 Å². The third kappa shape index (κ3) is 2.54. The van der Waals surface area contributed by atoms with Crippen LogP contribution in [0.3, 0.4) is 0 Å². The number of aliphatic hydroxyl groups excluding tert-OH is 1. The minimum Gasteiger partial charge on any atom is -0.383 e. The van der Waals surface area contributed by atoms with Gasteiger partial charge in [-0.1, -0.05) is 29.8 Å². The normalized spacial score (nSPS) is 13.2. The standard InChI is InChI=1S/C11H16O3/c1-8-4-6-9(7-5-8)10(12)11(13-2)14-3/h4-7,10-12H,1-3H3. The molecule has 1 aromatic rings. The van der Waals surface area contributed by atoms with E-state index in [-0.39, 0.29) is 0 Å². The summed E-state index contributed by atoms with van der Waals surface area (Å²) in [7, 11) is 3.01. The molecule has 0 aromatic heterocycles. The molecule has 0 spiro atoms. The minimum absolute atomic E-state index is 0.613. The van der Waals surface area contributed by atoms with Crippen molar-refractivity contribution in [2.24, 2.45) is 0 Å². The van der Waals surface area contributed by atoms with Crippen LogP contribution in [-0.4, -0.2) is 25.6 Å². The Bertz CT molecular complexity index is 264. The summed E-state index contributed by atoms with van der Waals surface area (Å²) in [5, 5.41) is 9.82. The molecule has 0 aliphatic rings. The largest absolute Gasteiger partial charge is 0.383 e. The molecule has 0 bridgehead atoms. The highest BCUT2D eigenvalue weighted by Crippen LogP contribution is 2.19. The Morgan fingerprint density at radius 3 is 2.00 bits per heavy atom. The maximum absolute atomic E-state index is 9.82. The molecule has 3 heteroatoms. The highest BCUT2D eigenvalue weighted by molar-refractivity contribution is 5.23. The fraction of sp³-hybridized carbons (Fsp3) is 0.455. The zero-order valence-electron chi connectivity index (χ0n) is 8.73. The van der Waals surface area contributed by atoms with E-state index in [4.69, 9.17) is 9.47 Å². The highest BCUT2D eigenvalue weighted by atomic mass is 16.7. The van der Waals surface area contributed by atoms with E-state index < -0.39 is 12.4 Å². The Kier molecular flexibility index (Phi) is 4.07. The zero-order chi connectivity index (χ0) is 10.6. The van der Waals surface area contributed by atoms with Gasteiger partial charge in [-0.2, -0.15) is 0 Å². The van der Waals surface area contributed by atoms with E-state index in [1.165, 1.54) is 14.2 Å². The number of rotatable bonds is 4. The van der Waals surface area contributed by atoms with Crippen molar-refractivity contribution in [3.8, 4) is 0 Å². The summed E-state index contributed by atoms with van der Waals surface area (Å²) in [6, 6.07) is 7.62. The second kappa shape index (κ2) is 5.10. The molecule has 0 amide bonds. The Balaban J connectivity index is 2.77. The van der Waals surface area contributed by atoms with Crippen molar-refractivity contribution >= 4 is 0 Å². The second-order valence-corrected chi connectivity index (χ2v) is 3.20. The van der Waals surface area contributed by atoms with E-state index in [9.17, 15) is 5.11 Å². The molecular weight excluding hydrogens is 180 g/mol. The summed E-state index contributed by atoms with van der Waals surface area (Å²) < 4.78 is 9.95. The van der Waals surface area contributed by atoms with Gasteiger partial charge in [0.05, 0.1) is 0 Å². The molecule has 3 nitrogen and oxygen atoms in total. The summed E-state index contributed by atoms with van der Waals surface area (Å²) in [5.41, 5.74) is 1.96. The molecule has 0 heterocycles. The van der Waals surface area contributed by atoms with Crippen molar-refractivity contribution in [2.75, 3.05) is 14.2 Å². The number of ether oxygens (including phenoxy) is 2. The first kappa shape index (κ1) is 11.2. The average molecular weight is 196 g/mol. The van der Waals surface area contributed by atoms with E-state index in [0.717, 1.165) is 11.1 Å². The Labute approximate surface area is 84.3 Å². The minimum atomic E-state index is -0.745. The van der Waals surface area contributed by atoms with Gasteiger partial charge in [0.15, 0.2) is 6.29 Å². The molecule has 1 N–H and O–H groups in total. The van der Waals surface area contributed by atoms with Gasteiger partial charge in [-0.05, 0) is 12.5 Å². The monoisotopic (exact) mass is 196 g/mol. The van der Waals surface area contributed by atoms with Gasteiger partial charge in [0, 0.05) is 14.2 Å². The maximum atomic E-state index is 9.82. The number of aryl methyl sites for hydroxylation is 1. The van der Waals surface area contributed by atoms with Crippen molar-refractivity contribution in [2.45, 2.75) is 19.3 Å². The molecule has 1 aromatic carbocycles. The van der Waals surface area contributed by atoms with Crippen LogP contribution >= 0.6 is 0 Å². The lowest BCUT2D eigenvalue weighted by Gasteiger charge is -2.20. The summed E-state index contributed by atoms with van der Waals surface area (Å²) in [5.74, 6) is 0. The first-order chi connectivity index (χ1) is 6.69. The summed E-state index contributed by atoms with van der Waals surface area (Å²) >= 11 is 0. The van der Waals surface area contributed by atoms with Crippen LogP contribution in [-0.2, 0) is 9.47 Å². The third-order valence-electron chi connectivity index (χ3n) is 2.14. The van der Waals surface area contributed by atoms with Gasteiger partial charge in [-0.25, -0.2) is 0 Å². The van der Waals surface area contributed by atoms with Crippen molar-refractivity contribution in [1.29, 1.82) is 0 Å². The van der Waals surface area contributed by atoms with Gasteiger partial charge in [0.1, 0.15) is 6.10 Å². The lowest BCUT2D eigenvalue weighted by molar-refractivity contribution is -0.166. The molecule has 1 unspecified atom stereocenters. The summed E-state index contributed by atoms with van der Waals surface area (Å²) in [6.45, 7) is 2.00. The van der Waals surface area contributed by atoms with Gasteiger partial charge < -0.3 is 14.6 Å². The molecule has 78 valence electrons. The molecule has 0 radical (unpaired) electrons. The molecule has 0 aliphatic heterocycles. The smallest absolute Gasteiger partial charge is 0.187 e. The fourth-order valence-corrected chi connectivity index (χ4v) is 1.27. The topological polar surface area (TPSA) is 38.7 Å². The molecule has 0 saturated heterocycles. The first-order valence-corrected chi connectivity index (χ1v) is 4.49. The SMILES string of the molecule is COC(OC)C(O)c1ccc(C)cc1. The maximum Gasteiger partial charge on any atom is 0.187 e. The van der Waals surface area contributed by atoms with Crippen LogP contribution in [0.4, 0.5) is 0 Å². The Morgan fingerprint density at radius 2 is 1.57 bits per heavy atom. The van der Waals surface area contributed by atoms with Crippen molar-refractivity contribution in [3.05, 3.63) is 35.4 Å². The highest BCUT2D eigenvalue weighted by Gasteiger charge is 2.19. The lowest BCUT2D eigenvalue weighted by Crippen LogP contribution is -2.22. The second-order valence-electron chi connectivity index (χ2n) is 3.20. The Hall–Kier alpha value is -0.900. The van der Waals surface area contributed by atoms with Gasteiger partial charge >= 0.3 is 0 Å². The molecule has 1 atom stereocenters. The summed E-state index contributed by atoms with van der Waals surface area (Å²) in [6.07, 6.45) is -1.36. The van der Waals surface area contributed by atoms with Crippen LogP contribution in [0.2, 0.25) is 0 Å². The van der Waals surface area contributed by atoms with Crippen molar-refractivity contribution in [1.82, 2.24) is 0 Å². The molecular formula is C11H16O3. The molecule has 1 rings (SSSR count). The van der Waals surface area contributed by atoms with Gasteiger partial charge in [0.25, 0.3) is 0 Å². The molecule has 0 fully saturated rings. The predicted octanol–water partition coefficient (Wildman–Crippen LogP) is 1.65. The van der Waals surface area contributed by atoms with E-state index in [1.54, 1.807) is 0 Å². The van der Waals surface area contributed by atoms with Crippen molar-refractivity contribution in [3.63, 3.8) is 0 Å². The number of hydrogen-bond acceptors (Lipinski definition) is 3. The number of aliphatic hydroxyl groups is 1. The van der Waals surface area contributed by atoms with Crippen LogP contribution in [0.1, 0.15) is 17.2 Å². The third-order valence-corrected chi connectivity index (χ3v) is 2.14. The van der Waals surface area contributed by atoms with Crippen LogP contribution < -0.4 is 0 Å². The Morgan fingerprint density at radius 1 is 1.07 bits per heavy atom. The quantitative estimate of drug-likeness (QED) is 0.744. The summed E-state index contributed by atoms with van der Waals surface area (Å²) in [4.78, 5) is 0. The lowest BCUT2D eigenvalue weighted by atomic mass is 10.1. The molecule has 14 heavy (non-hydrogen) atoms. The molecule has 0 aliphatic carbocycles. The van der Waals surface area contributed by atoms with Crippen LogP contribution in [0.25, 0.3) is 0 Å². The van der Waals surface area contributed by atoms with Crippen LogP contribution in [0.15, 0.2) is 24.3 Å². The van der Waals surface area contributed by atoms with E-state index >= 15 is 0 Å². The number of hydrogen-bond donors (Lipinski definition) is 1. The van der Waals surface area contributed by atoms with E-state index in [2.05, 4.69) is 0 Å². The number of benzene rings is 1. The fourth-order valence-electron chi connectivity index (χ4n) is 1.27.